The Morgan fingerprint density at radius 1 is 1.23 bits per heavy atom. The van der Waals surface area contributed by atoms with Crippen LogP contribution in [0, 0.1) is 6.92 Å². The Morgan fingerprint density at radius 2 is 2.03 bits per heavy atom. The maximum absolute atomic E-state index is 13.0. The van der Waals surface area contributed by atoms with Gasteiger partial charge in [0.05, 0.1) is 22.3 Å². The molecule has 4 aromatic rings. The van der Waals surface area contributed by atoms with Gasteiger partial charge in [-0.3, -0.25) is 19.3 Å². The number of nitrogens with one attached hydrogen (secondary N) is 2. The minimum atomic E-state index is -0.429. The third kappa shape index (κ3) is 4.13. The van der Waals surface area contributed by atoms with E-state index in [1.165, 1.54) is 4.68 Å². The van der Waals surface area contributed by atoms with Gasteiger partial charge in [0, 0.05) is 37.7 Å². The van der Waals surface area contributed by atoms with Crippen molar-refractivity contribution in [3.05, 3.63) is 69.8 Å². The quantitative estimate of drug-likeness (QED) is 0.412. The van der Waals surface area contributed by atoms with Crippen molar-refractivity contribution in [2.75, 3.05) is 6.61 Å². The van der Waals surface area contributed by atoms with E-state index in [2.05, 4.69) is 20.1 Å². The highest BCUT2D eigenvalue weighted by Gasteiger charge is 2.14. The first-order valence-corrected chi connectivity index (χ1v) is 10.1. The van der Waals surface area contributed by atoms with Gasteiger partial charge >= 0.3 is 0 Å². The number of H-pyrrole nitrogens is 2. The highest BCUT2D eigenvalue weighted by atomic mass is 16.3. The number of para-hydroxylation sites is 2. The lowest BCUT2D eigenvalue weighted by molar-refractivity contribution is 0.0996. The first kappa shape index (κ1) is 20.5. The van der Waals surface area contributed by atoms with Crippen molar-refractivity contribution in [2.24, 2.45) is 12.0 Å². The Labute approximate surface area is 177 Å². The van der Waals surface area contributed by atoms with E-state index in [1.54, 1.807) is 32.3 Å². The standard InChI is InChI=1S/C22H24N6O3/c1-14-11-15(12-18(24-14)16-13-23-27(2)21(16)31)20(30)26-22-25-17-7-3-4-8-19(17)28(22)9-5-6-10-29/h3-4,7-8,11-13,23,29H,5-6,9-10H2,1-2H3,(H,25,26,30). The molecule has 0 saturated carbocycles. The van der Waals surface area contributed by atoms with Crippen LogP contribution in [0.2, 0.25) is 0 Å². The minimum Gasteiger partial charge on any atom is -0.396 e. The number of amides is 1. The van der Waals surface area contributed by atoms with Gasteiger partial charge in [0.2, 0.25) is 5.62 Å². The van der Waals surface area contributed by atoms with Gasteiger partial charge in [-0.05, 0) is 44.0 Å². The molecule has 160 valence electrons. The zero-order valence-corrected chi connectivity index (χ0v) is 17.4. The molecule has 0 unspecified atom stereocenters. The summed E-state index contributed by atoms with van der Waals surface area (Å²) in [6, 6.07) is 11.0. The number of carbonyl (C=O) groups excluding carboxylic acids is 1. The average molecular weight is 420 g/mol. The second-order valence-corrected chi connectivity index (χ2v) is 7.40. The molecule has 1 amide bonds. The number of rotatable bonds is 6. The van der Waals surface area contributed by atoms with Crippen LogP contribution in [0.1, 0.15) is 28.9 Å². The largest absolute Gasteiger partial charge is 0.396 e. The van der Waals surface area contributed by atoms with Crippen LogP contribution in [-0.4, -0.2) is 41.9 Å². The summed E-state index contributed by atoms with van der Waals surface area (Å²) < 4.78 is 3.30. The molecule has 0 aliphatic carbocycles. The van der Waals surface area contributed by atoms with Crippen LogP contribution >= 0.6 is 0 Å². The molecule has 0 atom stereocenters. The molecule has 0 saturated heterocycles. The highest BCUT2D eigenvalue weighted by Crippen LogP contribution is 2.16. The number of nitrogens with zero attached hydrogens (tertiary/aromatic N) is 4. The summed E-state index contributed by atoms with van der Waals surface area (Å²) in [4.78, 5) is 37.3. The molecule has 9 heteroatoms. The van der Waals surface area contributed by atoms with Crippen molar-refractivity contribution in [1.82, 2.24) is 24.3 Å². The summed E-state index contributed by atoms with van der Waals surface area (Å²) in [5, 5.41) is 11.9. The first-order chi connectivity index (χ1) is 15.0. The van der Waals surface area contributed by atoms with Crippen LogP contribution < -0.4 is 11.2 Å². The van der Waals surface area contributed by atoms with E-state index in [4.69, 9.17) is 5.11 Å². The lowest BCUT2D eigenvalue weighted by Crippen LogP contribution is -2.21. The number of unbranched alkanes of at least 4 members (excludes halogenated alkanes) is 1. The van der Waals surface area contributed by atoms with Crippen LogP contribution in [0.3, 0.4) is 0 Å². The summed E-state index contributed by atoms with van der Waals surface area (Å²) in [6.07, 6.45) is 3.00. The Morgan fingerprint density at radius 3 is 2.77 bits per heavy atom. The molecule has 0 aliphatic heterocycles. The predicted octanol–water partition coefficient (Wildman–Crippen LogP) is 1.88. The van der Waals surface area contributed by atoms with Gasteiger partial charge in [0.1, 0.15) is 0 Å². The van der Waals surface area contributed by atoms with Gasteiger partial charge in [-0.2, -0.15) is 4.99 Å². The predicted molar refractivity (Wildman–Crippen MR) is 117 cm³/mol. The summed E-state index contributed by atoms with van der Waals surface area (Å²) >= 11 is 0. The summed E-state index contributed by atoms with van der Waals surface area (Å²) in [7, 11) is 1.62. The van der Waals surface area contributed by atoms with Gasteiger partial charge < -0.3 is 19.8 Å². The SMILES string of the molecule is Cc1cc(C(=O)/N=c2\[nH]c3ccccc3n2CCCCO)cc(-c2c[nH]n(C)c2=O)n1. The fraction of sp³-hybridized carbons (Fsp3) is 0.273. The van der Waals surface area contributed by atoms with Gasteiger partial charge in [0.15, 0.2) is 0 Å². The molecule has 3 aromatic heterocycles. The lowest BCUT2D eigenvalue weighted by atomic mass is 10.1. The maximum Gasteiger partial charge on any atom is 0.280 e. The number of aromatic amines is 2. The van der Waals surface area contributed by atoms with E-state index in [-0.39, 0.29) is 12.2 Å². The van der Waals surface area contributed by atoms with E-state index in [0.717, 1.165) is 17.5 Å². The Balaban J connectivity index is 1.77. The molecule has 1 aromatic carbocycles. The van der Waals surface area contributed by atoms with Crippen molar-refractivity contribution >= 4 is 16.9 Å². The fourth-order valence-corrected chi connectivity index (χ4v) is 3.55. The number of aliphatic hydroxyl groups is 1. The number of fused-ring (bicyclic) bond motifs is 1. The van der Waals surface area contributed by atoms with Gasteiger partial charge in [0.25, 0.3) is 11.5 Å². The second kappa shape index (κ2) is 8.57. The van der Waals surface area contributed by atoms with Crippen molar-refractivity contribution in [3.63, 3.8) is 0 Å². The molecule has 0 radical (unpaired) electrons. The van der Waals surface area contributed by atoms with Crippen LogP contribution in [0.4, 0.5) is 0 Å². The van der Waals surface area contributed by atoms with E-state index in [9.17, 15) is 9.59 Å². The summed E-state index contributed by atoms with van der Waals surface area (Å²) in [5.41, 5.74) is 3.83. The highest BCUT2D eigenvalue weighted by molar-refractivity contribution is 5.96. The van der Waals surface area contributed by atoms with Crippen LogP contribution in [0.25, 0.3) is 22.3 Å². The molecular weight excluding hydrogens is 396 g/mol. The summed E-state index contributed by atoms with van der Waals surface area (Å²) in [6.45, 7) is 2.51. The lowest BCUT2D eigenvalue weighted by Gasteiger charge is -2.05. The number of aliphatic hydroxyl groups excluding tert-OH is 1. The molecule has 0 bridgehead atoms. The molecule has 31 heavy (non-hydrogen) atoms. The molecule has 0 spiro atoms. The number of imidazole rings is 1. The smallest absolute Gasteiger partial charge is 0.280 e. The van der Waals surface area contributed by atoms with E-state index >= 15 is 0 Å². The second-order valence-electron chi connectivity index (χ2n) is 7.40. The van der Waals surface area contributed by atoms with Crippen molar-refractivity contribution in [3.8, 4) is 11.3 Å². The zero-order valence-electron chi connectivity index (χ0n) is 17.4. The fourth-order valence-electron chi connectivity index (χ4n) is 3.55. The molecule has 0 aliphatic rings. The molecule has 3 N–H and O–H groups in total. The van der Waals surface area contributed by atoms with Crippen molar-refractivity contribution in [2.45, 2.75) is 26.3 Å². The normalized spacial score (nSPS) is 12.0. The third-order valence-corrected chi connectivity index (χ3v) is 5.11. The molecule has 3 heterocycles. The van der Waals surface area contributed by atoms with E-state index in [1.807, 2.05) is 28.8 Å². The molecular formula is C22H24N6O3. The molecule has 0 fully saturated rings. The number of aryl methyl sites for hydroxylation is 3. The van der Waals surface area contributed by atoms with E-state index in [0.29, 0.717) is 41.1 Å². The number of benzene rings is 1. The van der Waals surface area contributed by atoms with E-state index < -0.39 is 5.91 Å². The van der Waals surface area contributed by atoms with Gasteiger partial charge in [-0.15, -0.1) is 0 Å². The number of pyridine rings is 1. The number of carbonyl (C=O) groups is 1. The number of hydrogen-bond acceptors (Lipinski definition) is 4. The molecule has 9 nitrogen and oxygen atoms in total. The Kier molecular flexibility index (Phi) is 5.68. The monoisotopic (exact) mass is 420 g/mol. The number of hydrogen-bond donors (Lipinski definition) is 3. The maximum atomic E-state index is 13.0. The topological polar surface area (TPSA) is 121 Å². The zero-order chi connectivity index (χ0) is 22.0. The first-order valence-electron chi connectivity index (χ1n) is 10.1. The average Bonchev–Trinajstić information content (AvgIpc) is 3.27. The third-order valence-electron chi connectivity index (χ3n) is 5.11. The van der Waals surface area contributed by atoms with Crippen LogP contribution in [-0.2, 0) is 13.6 Å². The van der Waals surface area contributed by atoms with Gasteiger partial charge in [-0.25, -0.2) is 0 Å². The van der Waals surface area contributed by atoms with Crippen LogP contribution in [0.5, 0.6) is 0 Å². The summed E-state index contributed by atoms with van der Waals surface area (Å²) in [5.74, 6) is -0.429. The number of aromatic nitrogens is 5. The van der Waals surface area contributed by atoms with Crippen molar-refractivity contribution in [1.29, 1.82) is 0 Å². The minimum absolute atomic E-state index is 0.117. The van der Waals surface area contributed by atoms with Gasteiger partial charge in [-0.1, -0.05) is 12.1 Å². The Bertz CT molecular complexity index is 1370. The van der Waals surface area contributed by atoms with Crippen molar-refractivity contribution < 1.29 is 9.90 Å². The Hall–Kier alpha value is -3.72. The molecule has 4 rings (SSSR count). The van der Waals surface area contributed by atoms with Crippen LogP contribution in [0.15, 0.2) is 52.4 Å².